The van der Waals surface area contributed by atoms with Crippen molar-refractivity contribution in [2.24, 2.45) is 0 Å². The van der Waals surface area contributed by atoms with Crippen molar-refractivity contribution in [3.63, 3.8) is 0 Å². The number of benzene rings is 3. The number of aromatic nitrogens is 2. The average molecular weight is 596 g/mol. The molecule has 2 aliphatic rings. The van der Waals surface area contributed by atoms with Crippen LogP contribution in [0.1, 0.15) is 42.3 Å². The van der Waals surface area contributed by atoms with Crippen LogP contribution in [0, 0.1) is 0 Å². The summed E-state index contributed by atoms with van der Waals surface area (Å²) in [6, 6.07) is 18.2. The lowest BCUT2D eigenvalue weighted by molar-refractivity contribution is -0.141. The van der Waals surface area contributed by atoms with E-state index < -0.39 is 11.9 Å². The second-order valence-electron chi connectivity index (χ2n) is 10.5. The van der Waals surface area contributed by atoms with E-state index in [1.165, 1.54) is 7.11 Å². The molecule has 0 unspecified atom stereocenters. The topological polar surface area (TPSA) is 67.2 Å². The van der Waals surface area contributed by atoms with Crippen LogP contribution in [0.15, 0.2) is 60.7 Å². The number of unbranched alkanes of at least 4 members (excludes halogenated alkanes) is 1. The molecule has 0 N–H and O–H groups in total. The quantitative estimate of drug-likeness (QED) is 0.184. The summed E-state index contributed by atoms with van der Waals surface area (Å²) in [7, 11) is 1.50. The van der Waals surface area contributed by atoms with Crippen LogP contribution in [0.4, 0.5) is 13.2 Å². The minimum atomic E-state index is -4.66. The number of para-hydroxylation sites is 1. The number of fused-ring (bicyclic) bond motifs is 2. The van der Waals surface area contributed by atoms with Crippen molar-refractivity contribution in [2.75, 3.05) is 20.7 Å². The number of nitrogens with zero attached hydrogens (tertiary/aromatic N) is 3. The van der Waals surface area contributed by atoms with Crippen molar-refractivity contribution in [2.45, 2.75) is 52.1 Å². The van der Waals surface area contributed by atoms with Crippen molar-refractivity contribution < 1.29 is 36.9 Å². The molecule has 0 aliphatic carbocycles. The number of imidazole rings is 1. The number of rotatable bonds is 11. The van der Waals surface area contributed by atoms with Crippen molar-refractivity contribution in [3.8, 4) is 40.1 Å². The maximum Gasteiger partial charge on any atom is 0.435 e. The van der Waals surface area contributed by atoms with Gasteiger partial charge in [-0.3, -0.25) is 4.90 Å². The van der Waals surface area contributed by atoms with E-state index in [-0.39, 0.29) is 31.6 Å². The molecule has 2 aliphatic heterocycles. The molecule has 11 heteroatoms. The van der Waals surface area contributed by atoms with Gasteiger partial charge in [0.25, 0.3) is 0 Å². The van der Waals surface area contributed by atoms with Gasteiger partial charge in [0.1, 0.15) is 11.6 Å². The minimum Gasteiger partial charge on any atom is -0.496 e. The molecule has 226 valence electrons. The van der Waals surface area contributed by atoms with E-state index >= 15 is 0 Å². The van der Waals surface area contributed by atoms with Gasteiger partial charge in [-0.1, -0.05) is 37.6 Å². The van der Waals surface area contributed by atoms with E-state index in [0.29, 0.717) is 60.4 Å². The first-order valence-corrected chi connectivity index (χ1v) is 14.1. The summed E-state index contributed by atoms with van der Waals surface area (Å²) in [4.78, 5) is 6.20. The number of hydrogen-bond donors (Lipinski definition) is 0. The molecule has 43 heavy (non-hydrogen) atoms. The third-order valence-electron chi connectivity index (χ3n) is 7.48. The molecule has 6 rings (SSSR count). The van der Waals surface area contributed by atoms with Crippen LogP contribution in [0.5, 0.6) is 28.7 Å². The largest absolute Gasteiger partial charge is 0.496 e. The SMILES string of the molecule is CCCCn1c(-c2ccccc2OC)nc(C(F)(F)F)c1CN(Cc1ccc2c(c1)OCO2)Cc1ccc2c(c1)OCO2. The number of hydrogen-bond acceptors (Lipinski definition) is 7. The monoisotopic (exact) mass is 595 g/mol. The van der Waals surface area contributed by atoms with Gasteiger partial charge in [-0.2, -0.15) is 13.2 Å². The van der Waals surface area contributed by atoms with Crippen LogP contribution < -0.4 is 23.7 Å². The van der Waals surface area contributed by atoms with Crippen LogP contribution in [-0.4, -0.2) is 35.1 Å². The third kappa shape index (κ3) is 6.08. The van der Waals surface area contributed by atoms with Gasteiger partial charge < -0.3 is 28.3 Å². The molecule has 0 saturated heterocycles. The number of methoxy groups -OCH3 is 1. The Morgan fingerprint density at radius 1 is 0.837 bits per heavy atom. The van der Waals surface area contributed by atoms with E-state index in [9.17, 15) is 13.2 Å². The highest BCUT2D eigenvalue weighted by atomic mass is 19.4. The highest BCUT2D eigenvalue weighted by Gasteiger charge is 2.40. The van der Waals surface area contributed by atoms with Crippen molar-refractivity contribution >= 4 is 0 Å². The second kappa shape index (κ2) is 12.1. The number of ether oxygens (including phenoxy) is 5. The molecule has 1 aromatic heterocycles. The highest BCUT2D eigenvalue weighted by molar-refractivity contribution is 5.65. The molecular formula is C32H32F3N3O5. The molecule has 4 aromatic rings. The number of halogens is 3. The summed E-state index contributed by atoms with van der Waals surface area (Å²) in [6.45, 7) is 3.36. The van der Waals surface area contributed by atoms with E-state index in [0.717, 1.165) is 17.5 Å². The molecule has 0 fully saturated rings. The Labute approximate surface area is 247 Å². The Morgan fingerprint density at radius 3 is 2.02 bits per heavy atom. The maximum absolute atomic E-state index is 14.7. The zero-order valence-electron chi connectivity index (χ0n) is 23.9. The predicted molar refractivity (Wildman–Crippen MR) is 152 cm³/mol. The summed E-state index contributed by atoms with van der Waals surface area (Å²) in [6.07, 6.45) is -3.16. The van der Waals surface area contributed by atoms with Gasteiger partial charge >= 0.3 is 6.18 Å². The lowest BCUT2D eigenvalue weighted by Crippen LogP contribution is -2.26. The molecule has 0 amide bonds. The normalized spacial score (nSPS) is 13.6. The van der Waals surface area contributed by atoms with Crippen LogP contribution in [0.25, 0.3) is 11.4 Å². The van der Waals surface area contributed by atoms with Crippen LogP contribution in [0.2, 0.25) is 0 Å². The number of alkyl halides is 3. The van der Waals surface area contributed by atoms with Gasteiger partial charge in [-0.15, -0.1) is 0 Å². The smallest absolute Gasteiger partial charge is 0.435 e. The predicted octanol–water partition coefficient (Wildman–Crippen LogP) is 7.04. The molecule has 3 aromatic carbocycles. The van der Waals surface area contributed by atoms with Crippen molar-refractivity contribution in [3.05, 3.63) is 83.2 Å². The zero-order chi connectivity index (χ0) is 30.0. The first kappa shape index (κ1) is 28.7. The van der Waals surface area contributed by atoms with Crippen LogP contribution in [-0.2, 0) is 32.4 Å². The molecular weight excluding hydrogens is 563 g/mol. The van der Waals surface area contributed by atoms with E-state index in [4.69, 9.17) is 23.7 Å². The van der Waals surface area contributed by atoms with Crippen molar-refractivity contribution in [1.82, 2.24) is 14.5 Å². The fourth-order valence-electron chi connectivity index (χ4n) is 5.44. The van der Waals surface area contributed by atoms with Gasteiger partial charge in [0.15, 0.2) is 28.7 Å². The Morgan fingerprint density at radius 2 is 1.44 bits per heavy atom. The second-order valence-corrected chi connectivity index (χ2v) is 10.5. The lowest BCUT2D eigenvalue weighted by Gasteiger charge is -2.25. The van der Waals surface area contributed by atoms with Gasteiger partial charge in [-0.05, 0) is 53.9 Å². The molecule has 0 bridgehead atoms. The summed E-state index contributed by atoms with van der Waals surface area (Å²) < 4.78 is 73.3. The fourth-order valence-corrected chi connectivity index (χ4v) is 5.44. The summed E-state index contributed by atoms with van der Waals surface area (Å²) in [5.74, 6) is 3.21. The first-order chi connectivity index (χ1) is 20.8. The minimum absolute atomic E-state index is 0.0103. The first-order valence-electron chi connectivity index (χ1n) is 14.1. The highest BCUT2D eigenvalue weighted by Crippen LogP contribution is 2.39. The van der Waals surface area contributed by atoms with Crippen molar-refractivity contribution in [1.29, 1.82) is 0 Å². The molecule has 0 saturated carbocycles. The van der Waals surface area contributed by atoms with E-state index in [1.807, 2.05) is 48.2 Å². The zero-order valence-corrected chi connectivity index (χ0v) is 23.9. The summed E-state index contributed by atoms with van der Waals surface area (Å²) in [5.41, 5.74) is 1.47. The van der Waals surface area contributed by atoms with E-state index in [1.54, 1.807) is 28.8 Å². The van der Waals surface area contributed by atoms with Gasteiger partial charge in [0.05, 0.1) is 18.4 Å². The Bertz CT molecular complexity index is 1540. The average Bonchev–Trinajstić information content (AvgIpc) is 3.74. The molecule has 3 heterocycles. The molecule has 8 nitrogen and oxygen atoms in total. The molecule has 0 atom stereocenters. The third-order valence-corrected chi connectivity index (χ3v) is 7.48. The van der Waals surface area contributed by atoms with Crippen LogP contribution >= 0.6 is 0 Å². The summed E-state index contributed by atoms with van der Waals surface area (Å²) in [5, 5.41) is 0. The Hall–Kier alpha value is -4.38. The van der Waals surface area contributed by atoms with Gasteiger partial charge in [0, 0.05) is 26.2 Å². The summed E-state index contributed by atoms with van der Waals surface area (Å²) >= 11 is 0. The van der Waals surface area contributed by atoms with Gasteiger partial charge in [0.2, 0.25) is 13.6 Å². The maximum atomic E-state index is 14.7. The standard InChI is InChI=1S/C32H32F3N3O5/c1-3-4-13-38-24(30(32(33,34)35)36-31(38)23-7-5-6-8-25(23)39-2)18-37(16-21-9-11-26-28(14-21)42-19-40-26)17-22-10-12-27-29(15-22)43-20-41-27/h5-12,14-15H,3-4,13,16-20H2,1-2H3. The fraction of sp³-hybridized carbons (Fsp3) is 0.344. The van der Waals surface area contributed by atoms with Crippen LogP contribution in [0.3, 0.4) is 0 Å². The van der Waals surface area contributed by atoms with E-state index in [2.05, 4.69) is 4.98 Å². The molecule has 0 spiro atoms. The Kier molecular flexibility index (Phi) is 8.07. The molecule has 0 radical (unpaired) electrons. The lowest BCUT2D eigenvalue weighted by atomic mass is 10.1. The van der Waals surface area contributed by atoms with Gasteiger partial charge in [-0.25, -0.2) is 4.98 Å². The Balaban J connectivity index is 1.43.